The molecule has 1 N–H and O–H groups in total. The van der Waals surface area contributed by atoms with Crippen LogP contribution in [0.2, 0.25) is 0 Å². The van der Waals surface area contributed by atoms with Crippen molar-refractivity contribution in [3.63, 3.8) is 0 Å². The van der Waals surface area contributed by atoms with Gasteiger partial charge in [-0.3, -0.25) is 4.68 Å². The van der Waals surface area contributed by atoms with Crippen LogP contribution in [-0.2, 0) is 13.5 Å². The van der Waals surface area contributed by atoms with Gasteiger partial charge in [0.05, 0.1) is 6.20 Å². The number of hydrogen-bond acceptors (Lipinski definition) is 3. The molecule has 3 nitrogen and oxygen atoms in total. The standard InChI is InChI=1S/C12H17N3S/c1-3-13-11(12-5-4-6-16-12)7-10-8-14-15(2)9-10/h4-6,8-9,11,13H,3,7H2,1-2H3. The van der Waals surface area contributed by atoms with E-state index in [1.165, 1.54) is 10.4 Å². The van der Waals surface area contributed by atoms with Gasteiger partial charge >= 0.3 is 0 Å². The average Bonchev–Trinajstić information content (AvgIpc) is 2.88. The number of rotatable bonds is 5. The molecule has 1 atom stereocenters. The Bertz CT molecular complexity index is 419. The number of nitrogens with zero attached hydrogens (tertiary/aromatic N) is 2. The first-order valence-electron chi connectivity index (χ1n) is 5.54. The van der Waals surface area contributed by atoms with Crippen molar-refractivity contribution in [3.8, 4) is 0 Å². The molecule has 0 bridgehead atoms. The van der Waals surface area contributed by atoms with E-state index in [0.29, 0.717) is 6.04 Å². The fourth-order valence-corrected chi connectivity index (χ4v) is 2.62. The molecule has 0 spiro atoms. The summed E-state index contributed by atoms with van der Waals surface area (Å²) in [6, 6.07) is 4.70. The fraction of sp³-hybridized carbons (Fsp3) is 0.417. The normalized spacial score (nSPS) is 12.9. The van der Waals surface area contributed by atoms with E-state index in [9.17, 15) is 0 Å². The SMILES string of the molecule is CCNC(Cc1cnn(C)c1)c1cccs1. The minimum Gasteiger partial charge on any atom is -0.309 e. The molecule has 0 radical (unpaired) electrons. The lowest BCUT2D eigenvalue weighted by Gasteiger charge is -2.15. The summed E-state index contributed by atoms with van der Waals surface area (Å²) < 4.78 is 1.85. The maximum Gasteiger partial charge on any atom is 0.0522 e. The van der Waals surface area contributed by atoms with Gasteiger partial charge in [-0.1, -0.05) is 13.0 Å². The lowest BCUT2D eigenvalue weighted by Crippen LogP contribution is -2.21. The van der Waals surface area contributed by atoms with Crippen molar-refractivity contribution in [3.05, 3.63) is 40.3 Å². The highest BCUT2D eigenvalue weighted by molar-refractivity contribution is 7.10. The van der Waals surface area contributed by atoms with Gasteiger partial charge in [0.1, 0.15) is 0 Å². The van der Waals surface area contributed by atoms with Gasteiger partial charge in [0, 0.05) is 24.2 Å². The second-order valence-electron chi connectivity index (χ2n) is 3.85. The number of thiophene rings is 1. The number of aromatic nitrogens is 2. The molecule has 16 heavy (non-hydrogen) atoms. The smallest absolute Gasteiger partial charge is 0.0522 e. The Hall–Kier alpha value is -1.13. The van der Waals surface area contributed by atoms with Crippen LogP contribution in [0.15, 0.2) is 29.9 Å². The van der Waals surface area contributed by atoms with E-state index < -0.39 is 0 Å². The van der Waals surface area contributed by atoms with Crippen molar-refractivity contribution >= 4 is 11.3 Å². The highest BCUT2D eigenvalue weighted by Crippen LogP contribution is 2.22. The van der Waals surface area contributed by atoms with Crippen LogP contribution < -0.4 is 5.32 Å². The Morgan fingerprint density at radius 3 is 3.00 bits per heavy atom. The second kappa shape index (κ2) is 5.27. The van der Waals surface area contributed by atoms with Crippen LogP contribution in [0.25, 0.3) is 0 Å². The molecule has 0 amide bonds. The summed E-state index contributed by atoms with van der Waals surface area (Å²) in [5.41, 5.74) is 1.28. The van der Waals surface area contributed by atoms with Crippen molar-refractivity contribution in [1.82, 2.24) is 15.1 Å². The van der Waals surface area contributed by atoms with Crippen molar-refractivity contribution < 1.29 is 0 Å². The van der Waals surface area contributed by atoms with E-state index in [1.54, 1.807) is 0 Å². The summed E-state index contributed by atoms with van der Waals surface area (Å²) in [6.45, 7) is 3.13. The molecule has 2 aromatic heterocycles. The predicted octanol–water partition coefficient (Wildman–Crippen LogP) is 2.37. The molecule has 2 heterocycles. The first kappa shape index (κ1) is 11.4. The number of likely N-dealkylation sites (N-methyl/N-ethyl adjacent to an activating group) is 1. The Morgan fingerprint density at radius 1 is 1.56 bits per heavy atom. The van der Waals surface area contributed by atoms with Gasteiger partial charge in [-0.2, -0.15) is 5.10 Å². The molecule has 0 aromatic carbocycles. The maximum atomic E-state index is 4.20. The summed E-state index contributed by atoms with van der Waals surface area (Å²) >= 11 is 1.81. The number of nitrogens with one attached hydrogen (secondary N) is 1. The zero-order valence-corrected chi connectivity index (χ0v) is 10.5. The summed E-state index contributed by atoms with van der Waals surface area (Å²) in [5, 5.41) is 9.85. The molecule has 86 valence electrons. The van der Waals surface area contributed by atoms with Crippen molar-refractivity contribution in [2.24, 2.45) is 7.05 Å². The first-order valence-corrected chi connectivity index (χ1v) is 6.42. The first-order chi connectivity index (χ1) is 7.79. The molecule has 0 saturated carbocycles. The van der Waals surface area contributed by atoms with E-state index in [1.807, 2.05) is 29.3 Å². The largest absolute Gasteiger partial charge is 0.309 e. The molecule has 4 heteroatoms. The van der Waals surface area contributed by atoms with E-state index in [4.69, 9.17) is 0 Å². The summed E-state index contributed by atoms with van der Waals surface area (Å²) in [7, 11) is 1.96. The molecule has 0 aliphatic heterocycles. The van der Waals surface area contributed by atoms with Crippen LogP contribution in [0.1, 0.15) is 23.4 Å². The molecule has 2 aromatic rings. The zero-order valence-electron chi connectivity index (χ0n) is 9.68. The van der Waals surface area contributed by atoms with E-state index in [0.717, 1.165) is 13.0 Å². The van der Waals surface area contributed by atoms with Gasteiger partial charge in [0.2, 0.25) is 0 Å². The van der Waals surface area contributed by atoms with E-state index in [2.05, 4.69) is 41.0 Å². The van der Waals surface area contributed by atoms with Gasteiger partial charge in [0.25, 0.3) is 0 Å². The molecule has 0 aliphatic carbocycles. The Labute approximate surface area is 100 Å². The molecule has 2 rings (SSSR count). The van der Waals surface area contributed by atoms with Gasteiger partial charge in [0.15, 0.2) is 0 Å². The molecular formula is C12H17N3S. The van der Waals surface area contributed by atoms with Crippen molar-refractivity contribution in [2.45, 2.75) is 19.4 Å². The number of aryl methyl sites for hydroxylation is 1. The molecule has 0 aliphatic rings. The Balaban J connectivity index is 2.09. The second-order valence-corrected chi connectivity index (χ2v) is 4.83. The Morgan fingerprint density at radius 2 is 2.44 bits per heavy atom. The van der Waals surface area contributed by atoms with E-state index >= 15 is 0 Å². The van der Waals surface area contributed by atoms with Crippen LogP contribution in [0.3, 0.4) is 0 Å². The third-order valence-electron chi connectivity index (χ3n) is 2.54. The van der Waals surface area contributed by atoms with E-state index in [-0.39, 0.29) is 0 Å². The van der Waals surface area contributed by atoms with Crippen molar-refractivity contribution in [1.29, 1.82) is 0 Å². The van der Waals surface area contributed by atoms with Crippen molar-refractivity contribution in [2.75, 3.05) is 6.54 Å². The molecule has 0 saturated heterocycles. The van der Waals surface area contributed by atoms with Crippen LogP contribution >= 0.6 is 11.3 Å². The third-order valence-corrected chi connectivity index (χ3v) is 3.52. The third kappa shape index (κ3) is 2.71. The Kier molecular flexibility index (Phi) is 3.74. The summed E-state index contributed by atoms with van der Waals surface area (Å²) in [4.78, 5) is 1.39. The molecule has 0 fully saturated rings. The van der Waals surface area contributed by atoms with Gasteiger partial charge < -0.3 is 5.32 Å². The van der Waals surface area contributed by atoms with Gasteiger partial charge in [-0.05, 0) is 30.0 Å². The lowest BCUT2D eigenvalue weighted by molar-refractivity contribution is 0.558. The minimum atomic E-state index is 0.411. The number of hydrogen-bond donors (Lipinski definition) is 1. The minimum absolute atomic E-state index is 0.411. The van der Waals surface area contributed by atoms with Gasteiger partial charge in [-0.25, -0.2) is 0 Å². The van der Waals surface area contributed by atoms with Crippen LogP contribution in [0, 0.1) is 0 Å². The van der Waals surface area contributed by atoms with Crippen LogP contribution in [0.4, 0.5) is 0 Å². The topological polar surface area (TPSA) is 29.9 Å². The quantitative estimate of drug-likeness (QED) is 0.862. The molecular weight excluding hydrogens is 218 g/mol. The highest BCUT2D eigenvalue weighted by atomic mass is 32.1. The van der Waals surface area contributed by atoms with Gasteiger partial charge in [-0.15, -0.1) is 11.3 Å². The molecule has 1 unspecified atom stereocenters. The maximum absolute atomic E-state index is 4.20. The highest BCUT2D eigenvalue weighted by Gasteiger charge is 2.12. The predicted molar refractivity (Wildman–Crippen MR) is 67.6 cm³/mol. The summed E-state index contributed by atoms with van der Waals surface area (Å²) in [6.07, 6.45) is 5.03. The summed E-state index contributed by atoms with van der Waals surface area (Å²) in [5.74, 6) is 0. The lowest BCUT2D eigenvalue weighted by atomic mass is 10.1. The monoisotopic (exact) mass is 235 g/mol. The fourth-order valence-electron chi connectivity index (χ4n) is 1.82. The zero-order chi connectivity index (χ0) is 11.4. The average molecular weight is 235 g/mol. The van der Waals surface area contributed by atoms with Crippen LogP contribution in [0.5, 0.6) is 0 Å². The van der Waals surface area contributed by atoms with Crippen LogP contribution in [-0.4, -0.2) is 16.3 Å².